The molecule has 1 aromatic carbocycles. The van der Waals surface area contributed by atoms with Gasteiger partial charge in [0, 0.05) is 30.6 Å². The summed E-state index contributed by atoms with van der Waals surface area (Å²) in [4.78, 5) is 14.1. The number of likely N-dealkylation sites (tertiary alicyclic amines) is 1. The Kier molecular flexibility index (Phi) is 4.91. The number of Topliss-reactive ketones (excluding diaryl/α,β-unsaturated/α-hetero) is 1. The molecule has 0 radical (unpaired) electrons. The largest absolute Gasteiger partial charge is 0.328 e. The van der Waals surface area contributed by atoms with Crippen molar-refractivity contribution in [3.8, 4) is 0 Å². The lowest BCUT2D eigenvalue weighted by Gasteiger charge is -2.29. The van der Waals surface area contributed by atoms with Gasteiger partial charge in [-0.15, -0.1) is 0 Å². The lowest BCUT2D eigenvalue weighted by atomic mass is 10.0. The van der Waals surface area contributed by atoms with E-state index in [0.717, 1.165) is 25.9 Å². The molecule has 19 heavy (non-hydrogen) atoms. The minimum Gasteiger partial charge on any atom is -0.328 e. The van der Waals surface area contributed by atoms with E-state index in [4.69, 9.17) is 17.3 Å². The number of piperidine rings is 1. The number of rotatable bonds is 4. The molecule has 104 valence electrons. The Bertz CT molecular complexity index is 459. The maximum absolute atomic E-state index is 12.9. The number of hydrogen-bond donors (Lipinski definition) is 1. The molecular formula is C14H18ClFN2O. The number of carbonyl (C=O) groups excluding carboxylic acids is 1. The molecule has 0 aromatic heterocycles. The number of ketones is 1. The maximum Gasteiger partial charge on any atom is 0.151 e. The number of benzene rings is 1. The molecule has 2 rings (SSSR count). The van der Waals surface area contributed by atoms with Crippen molar-refractivity contribution in [2.75, 3.05) is 19.6 Å². The number of halogens is 2. The van der Waals surface area contributed by atoms with Crippen LogP contribution < -0.4 is 5.73 Å². The number of nitrogens with zero attached hydrogens (tertiary/aromatic N) is 1. The minimum absolute atomic E-state index is 0.101. The Morgan fingerprint density at radius 2 is 2.11 bits per heavy atom. The van der Waals surface area contributed by atoms with Gasteiger partial charge in [-0.25, -0.2) is 4.39 Å². The highest BCUT2D eigenvalue weighted by atomic mass is 35.5. The van der Waals surface area contributed by atoms with Gasteiger partial charge in [0.15, 0.2) is 5.78 Å². The SMILES string of the molecule is NC1CCN(CC(=O)Cc2ccc(F)cc2Cl)CC1. The summed E-state index contributed by atoms with van der Waals surface area (Å²) in [6.45, 7) is 2.15. The normalized spacial score (nSPS) is 17.6. The summed E-state index contributed by atoms with van der Waals surface area (Å²) in [6, 6.07) is 4.40. The molecule has 1 fully saturated rings. The highest BCUT2D eigenvalue weighted by Crippen LogP contribution is 2.18. The van der Waals surface area contributed by atoms with Crippen molar-refractivity contribution in [2.45, 2.75) is 25.3 Å². The fraction of sp³-hybridized carbons (Fsp3) is 0.500. The van der Waals surface area contributed by atoms with Crippen LogP contribution in [0.25, 0.3) is 0 Å². The summed E-state index contributed by atoms with van der Waals surface area (Å²) >= 11 is 5.91. The second-order valence-electron chi connectivity index (χ2n) is 5.06. The Morgan fingerprint density at radius 1 is 1.42 bits per heavy atom. The van der Waals surface area contributed by atoms with Gasteiger partial charge in [-0.1, -0.05) is 17.7 Å². The lowest BCUT2D eigenvalue weighted by molar-refractivity contribution is -0.119. The molecule has 5 heteroatoms. The molecule has 1 aliphatic rings. The molecule has 1 saturated heterocycles. The molecule has 0 bridgehead atoms. The quantitative estimate of drug-likeness (QED) is 0.920. The van der Waals surface area contributed by atoms with Gasteiger partial charge in [0.2, 0.25) is 0 Å². The van der Waals surface area contributed by atoms with Crippen molar-refractivity contribution >= 4 is 17.4 Å². The van der Waals surface area contributed by atoms with Crippen molar-refractivity contribution in [3.63, 3.8) is 0 Å². The van der Waals surface area contributed by atoms with E-state index >= 15 is 0 Å². The maximum atomic E-state index is 12.9. The van der Waals surface area contributed by atoms with Crippen molar-refractivity contribution < 1.29 is 9.18 Å². The third kappa shape index (κ3) is 4.27. The molecule has 0 atom stereocenters. The average molecular weight is 285 g/mol. The van der Waals surface area contributed by atoms with Crippen molar-refractivity contribution in [3.05, 3.63) is 34.6 Å². The highest BCUT2D eigenvalue weighted by Gasteiger charge is 2.18. The molecule has 0 amide bonds. The van der Waals surface area contributed by atoms with Crippen molar-refractivity contribution in [1.82, 2.24) is 4.90 Å². The first-order valence-corrected chi connectivity index (χ1v) is 6.86. The summed E-state index contributed by atoms with van der Waals surface area (Å²) in [5, 5.41) is 0.314. The molecule has 1 aromatic rings. The van der Waals surface area contributed by atoms with E-state index < -0.39 is 0 Å². The Balaban J connectivity index is 1.87. The van der Waals surface area contributed by atoms with E-state index in [1.54, 1.807) is 6.07 Å². The Labute approximate surface area is 117 Å². The zero-order chi connectivity index (χ0) is 13.8. The minimum atomic E-state index is -0.383. The van der Waals surface area contributed by atoms with Crippen LogP contribution in [-0.2, 0) is 11.2 Å². The lowest BCUT2D eigenvalue weighted by Crippen LogP contribution is -2.42. The van der Waals surface area contributed by atoms with Crippen LogP contribution in [0.2, 0.25) is 5.02 Å². The van der Waals surface area contributed by atoms with Gasteiger partial charge in [-0.2, -0.15) is 0 Å². The van der Waals surface area contributed by atoms with E-state index in [9.17, 15) is 9.18 Å². The summed E-state index contributed by atoms with van der Waals surface area (Å²) in [7, 11) is 0. The van der Waals surface area contributed by atoms with Gasteiger partial charge in [-0.05, 0) is 30.5 Å². The van der Waals surface area contributed by atoms with Crippen molar-refractivity contribution in [2.24, 2.45) is 5.73 Å². The summed E-state index contributed by atoms with van der Waals surface area (Å²) in [5.41, 5.74) is 6.50. The van der Waals surface area contributed by atoms with Crippen LogP contribution in [-0.4, -0.2) is 36.4 Å². The second-order valence-corrected chi connectivity index (χ2v) is 5.47. The molecule has 1 aliphatic heterocycles. The fourth-order valence-corrected chi connectivity index (χ4v) is 2.53. The third-order valence-electron chi connectivity index (χ3n) is 3.43. The van der Waals surface area contributed by atoms with Crippen LogP contribution in [0.1, 0.15) is 18.4 Å². The number of hydrogen-bond acceptors (Lipinski definition) is 3. The van der Waals surface area contributed by atoms with Crippen molar-refractivity contribution in [1.29, 1.82) is 0 Å². The van der Waals surface area contributed by atoms with E-state index in [0.29, 0.717) is 17.1 Å². The first-order chi connectivity index (χ1) is 9.04. The Morgan fingerprint density at radius 3 is 2.74 bits per heavy atom. The van der Waals surface area contributed by atoms with Gasteiger partial charge >= 0.3 is 0 Å². The smallest absolute Gasteiger partial charge is 0.151 e. The first-order valence-electron chi connectivity index (χ1n) is 6.48. The van der Waals surface area contributed by atoms with Gasteiger partial charge in [0.25, 0.3) is 0 Å². The van der Waals surface area contributed by atoms with E-state index in [1.807, 2.05) is 0 Å². The van der Waals surface area contributed by atoms with E-state index in [-0.39, 0.29) is 24.1 Å². The standard InChI is InChI=1S/C14H18ClFN2O/c15-14-8-11(16)2-1-10(14)7-13(19)9-18-5-3-12(17)4-6-18/h1-2,8,12H,3-7,9,17H2. The molecular weight excluding hydrogens is 267 g/mol. The predicted molar refractivity (Wildman–Crippen MR) is 73.8 cm³/mol. The van der Waals surface area contributed by atoms with Crippen LogP contribution >= 0.6 is 11.6 Å². The van der Waals surface area contributed by atoms with Crippen LogP contribution in [0.4, 0.5) is 4.39 Å². The fourth-order valence-electron chi connectivity index (χ4n) is 2.29. The van der Waals surface area contributed by atoms with Crippen LogP contribution in [0.5, 0.6) is 0 Å². The van der Waals surface area contributed by atoms with E-state index in [1.165, 1.54) is 12.1 Å². The summed E-state index contributed by atoms with van der Waals surface area (Å²) in [5.74, 6) is -0.282. The molecule has 0 unspecified atom stereocenters. The zero-order valence-corrected chi connectivity index (χ0v) is 11.5. The van der Waals surface area contributed by atoms with Crippen LogP contribution in [0.3, 0.4) is 0 Å². The first kappa shape index (κ1) is 14.4. The molecule has 0 spiro atoms. The average Bonchev–Trinajstić information content (AvgIpc) is 2.36. The highest BCUT2D eigenvalue weighted by molar-refractivity contribution is 6.31. The third-order valence-corrected chi connectivity index (χ3v) is 3.79. The summed E-state index contributed by atoms with van der Waals surface area (Å²) in [6.07, 6.45) is 2.12. The van der Waals surface area contributed by atoms with E-state index in [2.05, 4.69) is 4.90 Å². The molecule has 0 aliphatic carbocycles. The molecule has 3 nitrogen and oxygen atoms in total. The molecule has 1 heterocycles. The van der Waals surface area contributed by atoms with Crippen LogP contribution in [0.15, 0.2) is 18.2 Å². The monoisotopic (exact) mass is 284 g/mol. The predicted octanol–water partition coefficient (Wildman–Crippen LogP) is 2.01. The number of carbonyl (C=O) groups is 1. The Hall–Kier alpha value is -0.970. The zero-order valence-electron chi connectivity index (χ0n) is 10.7. The topological polar surface area (TPSA) is 46.3 Å². The number of nitrogens with two attached hydrogens (primary N) is 1. The molecule has 2 N–H and O–H groups in total. The van der Waals surface area contributed by atoms with Gasteiger partial charge in [0.05, 0.1) is 6.54 Å². The van der Waals surface area contributed by atoms with Gasteiger partial charge in [-0.3, -0.25) is 9.69 Å². The summed E-state index contributed by atoms with van der Waals surface area (Å²) < 4.78 is 12.9. The second kappa shape index (κ2) is 6.46. The van der Waals surface area contributed by atoms with Gasteiger partial charge in [0.1, 0.15) is 5.82 Å². The van der Waals surface area contributed by atoms with Crippen LogP contribution in [0, 0.1) is 5.82 Å². The molecule has 0 saturated carbocycles. The van der Waals surface area contributed by atoms with Gasteiger partial charge < -0.3 is 5.73 Å².